The van der Waals surface area contributed by atoms with Gasteiger partial charge in [0, 0.05) is 10.6 Å². The van der Waals surface area contributed by atoms with E-state index >= 15 is 0 Å². The number of carbonyl (C=O) groups excluding carboxylic acids is 1. The van der Waals surface area contributed by atoms with Gasteiger partial charge in [-0.2, -0.15) is 0 Å². The molecule has 0 bridgehead atoms. The average Bonchev–Trinajstić information content (AvgIpc) is 2.49. The summed E-state index contributed by atoms with van der Waals surface area (Å²) in [5.74, 6) is 0.00459. The quantitative estimate of drug-likeness (QED) is 0.630. The third kappa shape index (κ3) is 4.28. The SMILES string of the molecule is C=CCC(Sc1ccccc1)C(=O)Nc1ccccc1. The summed E-state index contributed by atoms with van der Waals surface area (Å²) in [6.45, 7) is 3.74. The molecule has 0 aliphatic rings. The van der Waals surface area contributed by atoms with E-state index in [9.17, 15) is 4.79 Å². The van der Waals surface area contributed by atoms with Gasteiger partial charge in [0.15, 0.2) is 0 Å². The highest BCUT2D eigenvalue weighted by atomic mass is 32.2. The highest BCUT2D eigenvalue weighted by Gasteiger charge is 2.18. The number of para-hydroxylation sites is 1. The number of carbonyl (C=O) groups is 1. The number of nitrogens with one attached hydrogen (secondary N) is 1. The number of amides is 1. The third-order valence-corrected chi connectivity index (χ3v) is 3.97. The lowest BCUT2D eigenvalue weighted by molar-refractivity contribution is -0.115. The molecule has 102 valence electrons. The van der Waals surface area contributed by atoms with Crippen LogP contribution in [0.3, 0.4) is 0 Å². The lowest BCUT2D eigenvalue weighted by Gasteiger charge is -2.15. The van der Waals surface area contributed by atoms with E-state index in [0.717, 1.165) is 10.6 Å². The van der Waals surface area contributed by atoms with Crippen LogP contribution in [0.15, 0.2) is 78.2 Å². The number of hydrogen-bond donors (Lipinski definition) is 1. The molecule has 0 saturated carbocycles. The normalized spacial score (nSPS) is 11.6. The molecule has 0 fully saturated rings. The van der Waals surface area contributed by atoms with E-state index in [1.807, 2.05) is 60.7 Å². The zero-order valence-electron chi connectivity index (χ0n) is 11.2. The second-order valence-electron chi connectivity index (χ2n) is 4.30. The van der Waals surface area contributed by atoms with Gasteiger partial charge in [0.2, 0.25) is 5.91 Å². The van der Waals surface area contributed by atoms with Crippen LogP contribution < -0.4 is 5.32 Å². The van der Waals surface area contributed by atoms with Crippen LogP contribution in [-0.4, -0.2) is 11.2 Å². The van der Waals surface area contributed by atoms with Gasteiger partial charge in [0.25, 0.3) is 0 Å². The molecule has 0 aromatic heterocycles. The van der Waals surface area contributed by atoms with Crippen LogP contribution >= 0.6 is 11.8 Å². The first-order valence-corrected chi connectivity index (χ1v) is 7.36. The monoisotopic (exact) mass is 283 g/mol. The first kappa shape index (κ1) is 14.4. The van der Waals surface area contributed by atoms with Crippen LogP contribution in [0.2, 0.25) is 0 Å². The first-order valence-electron chi connectivity index (χ1n) is 6.48. The maximum atomic E-state index is 12.3. The fourth-order valence-corrected chi connectivity index (χ4v) is 2.81. The maximum Gasteiger partial charge on any atom is 0.238 e. The summed E-state index contributed by atoms with van der Waals surface area (Å²) in [6.07, 6.45) is 2.42. The van der Waals surface area contributed by atoms with Gasteiger partial charge in [-0.25, -0.2) is 0 Å². The Balaban J connectivity index is 2.04. The molecule has 2 rings (SSSR count). The summed E-state index contributed by atoms with van der Waals surface area (Å²) in [5, 5.41) is 2.77. The fraction of sp³-hybridized carbons (Fsp3) is 0.118. The molecule has 0 radical (unpaired) electrons. The van der Waals surface area contributed by atoms with E-state index in [-0.39, 0.29) is 11.2 Å². The van der Waals surface area contributed by atoms with Gasteiger partial charge in [-0.05, 0) is 30.7 Å². The van der Waals surface area contributed by atoms with Crippen molar-refractivity contribution in [3.63, 3.8) is 0 Å². The molecular formula is C17H17NOS. The van der Waals surface area contributed by atoms with Crippen molar-refractivity contribution in [3.8, 4) is 0 Å². The summed E-state index contributed by atoms with van der Waals surface area (Å²) >= 11 is 1.56. The summed E-state index contributed by atoms with van der Waals surface area (Å²) in [5.41, 5.74) is 0.820. The highest BCUT2D eigenvalue weighted by molar-refractivity contribution is 8.00. The molecule has 3 heteroatoms. The van der Waals surface area contributed by atoms with Gasteiger partial charge in [0.05, 0.1) is 5.25 Å². The average molecular weight is 283 g/mol. The molecule has 1 N–H and O–H groups in total. The van der Waals surface area contributed by atoms with Gasteiger partial charge < -0.3 is 5.32 Å². The Kier molecular flexibility index (Phi) is 5.44. The van der Waals surface area contributed by atoms with E-state index in [1.165, 1.54) is 0 Å². The Labute approximate surface area is 123 Å². The fourth-order valence-electron chi connectivity index (χ4n) is 1.77. The number of benzene rings is 2. The standard InChI is InChI=1S/C17H17NOS/c1-2-9-16(20-15-12-7-4-8-13-15)17(19)18-14-10-5-3-6-11-14/h2-8,10-13,16H,1,9H2,(H,18,19). The van der Waals surface area contributed by atoms with E-state index in [1.54, 1.807) is 17.8 Å². The van der Waals surface area contributed by atoms with Crippen molar-refractivity contribution in [1.82, 2.24) is 0 Å². The van der Waals surface area contributed by atoms with Crippen LogP contribution in [0.4, 0.5) is 5.69 Å². The van der Waals surface area contributed by atoms with Gasteiger partial charge in [-0.15, -0.1) is 18.3 Å². The van der Waals surface area contributed by atoms with Crippen molar-refractivity contribution >= 4 is 23.4 Å². The van der Waals surface area contributed by atoms with Crippen LogP contribution in [0.1, 0.15) is 6.42 Å². The van der Waals surface area contributed by atoms with E-state index in [2.05, 4.69) is 11.9 Å². The van der Waals surface area contributed by atoms with Crippen molar-refractivity contribution in [3.05, 3.63) is 73.3 Å². The zero-order valence-corrected chi connectivity index (χ0v) is 12.0. The van der Waals surface area contributed by atoms with Crippen LogP contribution in [0, 0.1) is 0 Å². The summed E-state index contributed by atoms with van der Waals surface area (Å²) < 4.78 is 0. The second-order valence-corrected chi connectivity index (χ2v) is 5.58. The third-order valence-electron chi connectivity index (χ3n) is 2.74. The number of thioether (sulfide) groups is 1. The molecule has 0 heterocycles. The summed E-state index contributed by atoms with van der Waals surface area (Å²) in [7, 11) is 0. The molecule has 1 unspecified atom stereocenters. The van der Waals surface area contributed by atoms with E-state index in [4.69, 9.17) is 0 Å². The van der Waals surface area contributed by atoms with Crippen LogP contribution in [-0.2, 0) is 4.79 Å². The number of hydrogen-bond acceptors (Lipinski definition) is 2. The van der Waals surface area contributed by atoms with Crippen molar-refractivity contribution in [2.45, 2.75) is 16.6 Å². The smallest absolute Gasteiger partial charge is 0.238 e. The summed E-state index contributed by atoms with van der Waals surface area (Å²) in [4.78, 5) is 13.4. The number of rotatable bonds is 6. The van der Waals surface area contributed by atoms with Gasteiger partial charge in [0.1, 0.15) is 0 Å². The Bertz CT molecular complexity index is 554. The first-order chi connectivity index (χ1) is 9.79. The number of allylic oxidation sites excluding steroid dienone is 1. The van der Waals surface area contributed by atoms with Crippen LogP contribution in [0.5, 0.6) is 0 Å². The molecule has 1 atom stereocenters. The van der Waals surface area contributed by atoms with E-state index in [0.29, 0.717) is 6.42 Å². The lowest BCUT2D eigenvalue weighted by Crippen LogP contribution is -2.24. The molecule has 0 spiro atoms. The van der Waals surface area contributed by atoms with Crippen molar-refractivity contribution in [1.29, 1.82) is 0 Å². The molecule has 20 heavy (non-hydrogen) atoms. The molecule has 2 aromatic rings. The molecule has 0 saturated heterocycles. The molecule has 2 nitrogen and oxygen atoms in total. The molecule has 2 aromatic carbocycles. The Hall–Kier alpha value is -2.00. The van der Waals surface area contributed by atoms with Gasteiger partial charge in [-0.3, -0.25) is 4.79 Å². The Morgan fingerprint density at radius 2 is 1.70 bits per heavy atom. The zero-order chi connectivity index (χ0) is 14.2. The minimum atomic E-state index is -0.171. The topological polar surface area (TPSA) is 29.1 Å². The molecule has 0 aliphatic carbocycles. The largest absolute Gasteiger partial charge is 0.325 e. The summed E-state index contributed by atoms with van der Waals surface area (Å²) in [6, 6.07) is 19.4. The molecular weight excluding hydrogens is 266 g/mol. The minimum Gasteiger partial charge on any atom is -0.325 e. The van der Waals surface area contributed by atoms with E-state index < -0.39 is 0 Å². The van der Waals surface area contributed by atoms with Crippen molar-refractivity contribution in [2.75, 3.05) is 5.32 Å². The van der Waals surface area contributed by atoms with Crippen molar-refractivity contribution < 1.29 is 4.79 Å². The van der Waals surface area contributed by atoms with Crippen molar-refractivity contribution in [2.24, 2.45) is 0 Å². The number of anilines is 1. The van der Waals surface area contributed by atoms with Gasteiger partial charge in [-0.1, -0.05) is 42.5 Å². The van der Waals surface area contributed by atoms with Crippen LogP contribution in [0.25, 0.3) is 0 Å². The minimum absolute atomic E-state index is 0.00459. The second kappa shape index (κ2) is 7.56. The molecule has 1 amide bonds. The maximum absolute atomic E-state index is 12.3. The predicted octanol–water partition coefficient (Wildman–Crippen LogP) is 4.36. The molecule has 0 aliphatic heterocycles. The highest BCUT2D eigenvalue weighted by Crippen LogP contribution is 2.26. The predicted molar refractivity (Wildman–Crippen MR) is 86.0 cm³/mol. The lowest BCUT2D eigenvalue weighted by atomic mass is 10.2. The Morgan fingerprint density at radius 3 is 2.30 bits per heavy atom. The Morgan fingerprint density at radius 1 is 1.10 bits per heavy atom. The van der Waals surface area contributed by atoms with Gasteiger partial charge >= 0.3 is 0 Å².